The van der Waals surface area contributed by atoms with Crippen LogP contribution in [0.2, 0.25) is 0 Å². The molecule has 1 aliphatic carbocycles. The highest BCUT2D eigenvalue weighted by Gasteiger charge is 2.16. The van der Waals surface area contributed by atoms with E-state index in [1.807, 2.05) is 0 Å². The topological polar surface area (TPSA) is 46.2 Å². The monoisotopic (exact) mass is 345 g/mol. The molecule has 0 aliphatic heterocycles. The van der Waals surface area contributed by atoms with Crippen LogP contribution in [0, 0.1) is 5.92 Å². The number of sulfonamides is 1. The van der Waals surface area contributed by atoms with E-state index in [-0.39, 0.29) is 0 Å². The van der Waals surface area contributed by atoms with Gasteiger partial charge in [0.15, 0.2) is 0 Å². The predicted molar refractivity (Wildman–Crippen MR) is 80.5 cm³/mol. The normalized spacial score (nSPS) is 17.5. The van der Waals surface area contributed by atoms with Gasteiger partial charge in [0.05, 0.1) is 4.90 Å². The summed E-state index contributed by atoms with van der Waals surface area (Å²) in [6, 6.07) is 6.73. The molecule has 1 aromatic rings. The Hall–Kier alpha value is -0.390. The lowest BCUT2D eigenvalue weighted by Crippen LogP contribution is -2.26. The molecule has 0 saturated heterocycles. The van der Waals surface area contributed by atoms with Gasteiger partial charge < -0.3 is 0 Å². The average molecular weight is 346 g/mol. The third kappa shape index (κ3) is 4.58. The summed E-state index contributed by atoms with van der Waals surface area (Å²) in [6.07, 6.45) is 7.38. The fraction of sp³-hybridized carbons (Fsp3) is 0.571. The van der Waals surface area contributed by atoms with E-state index >= 15 is 0 Å². The van der Waals surface area contributed by atoms with E-state index in [1.165, 1.54) is 32.1 Å². The predicted octanol–water partition coefficient (Wildman–Crippen LogP) is 3.70. The number of benzene rings is 1. The van der Waals surface area contributed by atoms with Crippen LogP contribution in [0.3, 0.4) is 0 Å². The molecular weight excluding hydrogens is 326 g/mol. The molecule has 1 aliphatic rings. The number of hydrogen-bond donors (Lipinski definition) is 1. The van der Waals surface area contributed by atoms with Crippen molar-refractivity contribution in [3.05, 3.63) is 28.7 Å². The van der Waals surface area contributed by atoms with Crippen molar-refractivity contribution in [3.63, 3.8) is 0 Å². The van der Waals surface area contributed by atoms with Crippen LogP contribution in [0.4, 0.5) is 0 Å². The lowest BCUT2D eigenvalue weighted by Gasteiger charge is -2.21. The minimum Gasteiger partial charge on any atom is -0.211 e. The zero-order valence-corrected chi connectivity index (χ0v) is 13.3. The Labute approximate surface area is 124 Å². The van der Waals surface area contributed by atoms with E-state index in [4.69, 9.17) is 0 Å². The lowest BCUT2D eigenvalue weighted by atomic mass is 9.87. The molecule has 0 atom stereocenters. The molecule has 0 amide bonds. The average Bonchev–Trinajstić information content (AvgIpc) is 2.40. The molecule has 0 bridgehead atoms. The van der Waals surface area contributed by atoms with Crippen LogP contribution < -0.4 is 4.72 Å². The molecule has 1 N–H and O–H groups in total. The van der Waals surface area contributed by atoms with Gasteiger partial charge in [0.2, 0.25) is 10.0 Å². The molecule has 1 saturated carbocycles. The maximum absolute atomic E-state index is 12.1. The smallest absolute Gasteiger partial charge is 0.211 e. The number of nitrogens with one attached hydrogen (secondary N) is 1. The molecule has 19 heavy (non-hydrogen) atoms. The molecule has 106 valence electrons. The highest BCUT2D eigenvalue weighted by atomic mass is 79.9. The zero-order chi connectivity index (χ0) is 13.7. The van der Waals surface area contributed by atoms with Crippen LogP contribution in [0.25, 0.3) is 0 Å². The van der Waals surface area contributed by atoms with Crippen molar-refractivity contribution < 1.29 is 8.42 Å². The largest absolute Gasteiger partial charge is 0.240 e. The van der Waals surface area contributed by atoms with Crippen LogP contribution in [0.15, 0.2) is 33.6 Å². The summed E-state index contributed by atoms with van der Waals surface area (Å²) in [5, 5.41) is 0. The molecule has 3 nitrogen and oxygen atoms in total. The molecule has 1 aromatic carbocycles. The Morgan fingerprint density at radius 1 is 1.11 bits per heavy atom. The second kappa shape index (κ2) is 6.86. The molecule has 0 aromatic heterocycles. The standard InChI is InChI=1S/C14H20BrNO2S/c15-13-6-8-14(9-7-13)19(17,18)16-11-10-12-4-2-1-3-5-12/h6-9,12,16H,1-5,10-11H2. The first-order valence-corrected chi connectivity index (χ1v) is 9.11. The van der Waals surface area contributed by atoms with Crippen molar-refractivity contribution in [3.8, 4) is 0 Å². The summed E-state index contributed by atoms with van der Waals surface area (Å²) < 4.78 is 27.7. The van der Waals surface area contributed by atoms with Crippen molar-refractivity contribution >= 4 is 26.0 Å². The Kier molecular flexibility index (Phi) is 5.42. The first kappa shape index (κ1) is 15.0. The fourth-order valence-electron chi connectivity index (χ4n) is 2.57. The van der Waals surface area contributed by atoms with E-state index < -0.39 is 10.0 Å². The van der Waals surface area contributed by atoms with Crippen molar-refractivity contribution in [1.82, 2.24) is 4.72 Å². The molecule has 2 rings (SSSR count). The highest BCUT2D eigenvalue weighted by Crippen LogP contribution is 2.26. The Morgan fingerprint density at radius 2 is 1.74 bits per heavy atom. The molecule has 0 spiro atoms. The Bertz CT molecular complexity index is 493. The van der Waals surface area contributed by atoms with Crippen molar-refractivity contribution in [2.75, 3.05) is 6.54 Å². The molecule has 5 heteroatoms. The van der Waals surface area contributed by atoms with Gasteiger partial charge in [-0.05, 0) is 36.6 Å². The Balaban J connectivity index is 1.85. The van der Waals surface area contributed by atoms with Gasteiger partial charge >= 0.3 is 0 Å². The van der Waals surface area contributed by atoms with E-state index in [0.717, 1.165) is 10.9 Å². The minimum atomic E-state index is -3.35. The quantitative estimate of drug-likeness (QED) is 0.884. The van der Waals surface area contributed by atoms with Crippen molar-refractivity contribution in [2.24, 2.45) is 5.92 Å². The molecule has 0 unspecified atom stereocenters. The van der Waals surface area contributed by atoms with E-state index in [0.29, 0.717) is 17.4 Å². The lowest BCUT2D eigenvalue weighted by molar-refractivity contribution is 0.339. The number of halogens is 1. The second-order valence-electron chi connectivity index (χ2n) is 5.14. The zero-order valence-electron chi connectivity index (χ0n) is 10.9. The summed E-state index contributed by atoms with van der Waals surface area (Å²) in [4.78, 5) is 0.333. The minimum absolute atomic E-state index is 0.333. The van der Waals surface area contributed by atoms with Gasteiger partial charge in [0, 0.05) is 11.0 Å². The van der Waals surface area contributed by atoms with Gasteiger partial charge in [-0.1, -0.05) is 48.0 Å². The van der Waals surface area contributed by atoms with Gasteiger partial charge in [0.25, 0.3) is 0 Å². The third-order valence-corrected chi connectivity index (χ3v) is 5.70. The summed E-state index contributed by atoms with van der Waals surface area (Å²) in [6.45, 7) is 0.545. The maximum Gasteiger partial charge on any atom is 0.240 e. The van der Waals surface area contributed by atoms with Crippen molar-refractivity contribution in [1.29, 1.82) is 0 Å². The summed E-state index contributed by atoms with van der Waals surface area (Å²) in [7, 11) is -3.35. The van der Waals surface area contributed by atoms with E-state index in [2.05, 4.69) is 20.7 Å². The second-order valence-corrected chi connectivity index (χ2v) is 7.83. The molecular formula is C14H20BrNO2S. The van der Waals surface area contributed by atoms with Gasteiger partial charge in [-0.3, -0.25) is 0 Å². The van der Waals surface area contributed by atoms with Crippen LogP contribution in [0.1, 0.15) is 38.5 Å². The van der Waals surface area contributed by atoms with Crippen LogP contribution >= 0.6 is 15.9 Å². The first-order chi connectivity index (χ1) is 9.08. The molecule has 1 fully saturated rings. The number of rotatable bonds is 5. The number of hydrogen-bond acceptors (Lipinski definition) is 2. The van der Waals surface area contributed by atoms with Crippen LogP contribution in [-0.4, -0.2) is 15.0 Å². The van der Waals surface area contributed by atoms with Gasteiger partial charge in [-0.15, -0.1) is 0 Å². The molecule has 0 radical (unpaired) electrons. The van der Waals surface area contributed by atoms with Crippen molar-refractivity contribution in [2.45, 2.75) is 43.4 Å². The molecule has 0 heterocycles. The highest BCUT2D eigenvalue weighted by molar-refractivity contribution is 9.10. The van der Waals surface area contributed by atoms with Crippen LogP contribution in [0.5, 0.6) is 0 Å². The SMILES string of the molecule is O=S(=O)(NCCC1CCCCC1)c1ccc(Br)cc1. The summed E-state index contributed by atoms with van der Waals surface area (Å²) >= 11 is 3.30. The Morgan fingerprint density at radius 3 is 2.37 bits per heavy atom. The summed E-state index contributed by atoms with van der Waals surface area (Å²) in [5.74, 6) is 0.696. The van der Waals surface area contributed by atoms with Gasteiger partial charge in [-0.25, -0.2) is 13.1 Å². The fourth-order valence-corrected chi connectivity index (χ4v) is 3.88. The van der Waals surface area contributed by atoms with Gasteiger partial charge in [0.1, 0.15) is 0 Å². The third-order valence-electron chi connectivity index (χ3n) is 3.69. The van der Waals surface area contributed by atoms with Gasteiger partial charge in [-0.2, -0.15) is 0 Å². The van der Waals surface area contributed by atoms with E-state index in [9.17, 15) is 8.42 Å². The van der Waals surface area contributed by atoms with Crippen LogP contribution in [-0.2, 0) is 10.0 Å². The first-order valence-electron chi connectivity index (χ1n) is 6.83. The van der Waals surface area contributed by atoms with E-state index in [1.54, 1.807) is 24.3 Å². The summed E-state index contributed by atoms with van der Waals surface area (Å²) in [5.41, 5.74) is 0. The maximum atomic E-state index is 12.1.